The summed E-state index contributed by atoms with van der Waals surface area (Å²) in [7, 11) is -3.49. The minimum atomic E-state index is -3.49. The molecule has 2 aliphatic rings. The smallest absolute Gasteiger partial charge is 0.228 e. The van der Waals surface area contributed by atoms with Gasteiger partial charge in [0.05, 0.1) is 22.4 Å². The third-order valence-electron chi connectivity index (χ3n) is 6.22. The van der Waals surface area contributed by atoms with E-state index in [1.807, 2.05) is 11.8 Å². The standard InChI is InChI=1S/C22H31FN2O4S/c1-17(14-25-11-10-22(21(25)26)8-2-3-9-22)16-30(27,28)20-6-4-19(5-7-20)29-15-18(12-23)13-24/h4-7,12,17H,2-3,8-11,13-16,24H2,1H3. The summed E-state index contributed by atoms with van der Waals surface area (Å²) in [4.78, 5) is 14.9. The molecular formula is C22H31FN2O4S. The third kappa shape index (κ3) is 5.03. The van der Waals surface area contributed by atoms with E-state index < -0.39 is 9.84 Å². The number of nitrogens with two attached hydrogens (primary N) is 1. The molecule has 1 saturated heterocycles. The number of hydrogen-bond acceptors (Lipinski definition) is 5. The van der Waals surface area contributed by atoms with E-state index in [1.165, 1.54) is 12.1 Å². The molecule has 1 aliphatic carbocycles. The van der Waals surface area contributed by atoms with E-state index in [0.717, 1.165) is 38.6 Å². The van der Waals surface area contributed by atoms with Crippen LogP contribution in [0.2, 0.25) is 0 Å². The number of likely N-dealkylation sites (tertiary alicyclic amines) is 1. The van der Waals surface area contributed by atoms with Gasteiger partial charge < -0.3 is 15.4 Å². The van der Waals surface area contributed by atoms with Gasteiger partial charge in [-0.1, -0.05) is 19.8 Å². The molecule has 166 valence electrons. The molecule has 6 nitrogen and oxygen atoms in total. The topological polar surface area (TPSA) is 89.7 Å². The van der Waals surface area contributed by atoms with Crippen molar-refractivity contribution in [3.05, 3.63) is 36.2 Å². The maximum atomic E-state index is 12.8. The lowest BCUT2D eigenvalue weighted by atomic mass is 9.85. The summed E-state index contributed by atoms with van der Waals surface area (Å²) in [5, 5.41) is 0. The highest BCUT2D eigenvalue weighted by molar-refractivity contribution is 7.91. The van der Waals surface area contributed by atoms with Crippen molar-refractivity contribution in [3.63, 3.8) is 0 Å². The average molecular weight is 439 g/mol. The molecule has 1 aliphatic heterocycles. The number of carbonyl (C=O) groups excluding carboxylic acids is 1. The molecule has 8 heteroatoms. The third-order valence-corrected chi connectivity index (χ3v) is 8.22. The molecule has 2 N–H and O–H groups in total. The van der Waals surface area contributed by atoms with Crippen molar-refractivity contribution < 1.29 is 22.3 Å². The summed E-state index contributed by atoms with van der Waals surface area (Å²) in [6.07, 6.45) is 5.48. The number of benzene rings is 1. The van der Waals surface area contributed by atoms with E-state index in [-0.39, 0.29) is 41.0 Å². The summed E-state index contributed by atoms with van der Waals surface area (Å²) in [5.74, 6) is 0.476. The van der Waals surface area contributed by atoms with Crippen molar-refractivity contribution >= 4 is 15.7 Å². The minimum Gasteiger partial charge on any atom is -0.489 e. The maximum Gasteiger partial charge on any atom is 0.228 e. The first kappa shape index (κ1) is 22.7. The number of amides is 1. The second-order valence-corrected chi connectivity index (χ2v) is 10.6. The van der Waals surface area contributed by atoms with Gasteiger partial charge in [0.2, 0.25) is 5.91 Å². The lowest BCUT2D eigenvalue weighted by Crippen LogP contribution is -2.37. The Hall–Kier alpha value is -1.93. The molecule has 1 unspecified atom stereocenters. The zero-order valence-electron chi connectivity index (χ0n) is 17.5. The van der Waals surface area contributed by atoms with Gasteiger partial charge >= 0.3 is 0 Å². The summed E-state index contributed by atoms with van der Waals surface area (Å²) >= 11 is 0. The number of sulfone groups is 1. The van der Waals surface area contributed by atoms with Crippen molar-refractivity contribution in [1.29, 1.82) is 0 Å². The zero-order valence-corrected chi connectivity index (χ0v) is 18.3. The fourth-order valence-electron chi connectivity index (χ4n) is 4.54. The average Bonchev–Trinajstić information content (AvgIpc) is 3.32. The molecule has 1 amide bonds. The number of halogens is 1. The number of carbonyl (C=O) groups is 1. The van der Waals surface area contributed by atoms with Gasteiger partial charge in [-0.2, -0.15) is 0 Å². The van der Waals surface area contributed by atoms with Gasteiger partial charge in [0.1, 0.15) is 12.4 Å². The Morgan fingerprint density at radius 3 is 2.53 bits per heavy atom. The van der Waals surface area contributed by atoms with E-state index in [9.17, 15) is 17.6 Å². The van der Waals surface area contributed by atoms with Crippen molar-refractivity contribution in [1.82, 2.24) is 4.90 Å². The van der Waals surface area contributed by atoms with Crippen LogP contribution in [-0.2, 0) is 14.6 Å². The predicted octanol–water partition coefficient (Wildman–Crippen LogP) is 3.08. The summed E-state index contributed by atoms with van der Waals surface area (Å²) in [5.41, 5.74) is 5.53. The SMILES string of the molecule is CC(CN1CCC2(CCCC2)C1=O)CS(=O)(=O)c1ccc(OCC(=CF)CN)cc1. The first-order chi connectivity index (χ1) is 14.3. The summed E-state index contributed by atoms with van der Waals surface area (Å²) < 4.78 is 43.5. The number of rotatable bonds is 9. The first-order valence-electron chi connectivity index (χ1n) is 10.5. The van der Waals surface area contributed by atoms with Crippen LogP contribution in [0.15, 0.2) is 41.1 Å². The number of ether oxygens (including phenoxy) is 1. The van der Waals surface area contributed by atoms with Gasteiger partial charge in [0.15, 0.2) is 9.84 Å². The Morgan fingerprint density at radius 2 is 1.93 bits per heavy atom. The van der Waals surface area contributed by atoms with Crippen molar-refractivity contribution in [3.8, 4) is 5.75 Å². The minimum absolute atomic E-state index is 0.0154. The molecule has 3 rings (SSSR count). The van der Waals surface area contributed by atoms with Crippen molar-refractivity contribution in [2.75, 3.05) is 32.0 Å². The van der Waals surface area contributed by atoms with Gasteiger partial charge in [-0.05, 0) is 49.4 Å². The second kappa shape index (κ2) is 9.47. The molecule has 2 fully saturated rings. The molecule has 0 aromatic heterocycles. The highest BCUT2D eigenvalue weighted by atomic mass is 32.2. The Morgan fingerprint density at radius 1 is 1.27 bits per heavy atom. The van der Waals surface area contributed by atoms with E-state index >= 15 is 0 Å². The first-order valence-corrected chi connectivity index (χ1v) is 12.2. The van der Waals surface area contributed by atoms with E-state index in [0.29, 0.717) is 24.2 Å². The highest BCUT2D eigenvalue weighted by Crippen LogP contribution is 2.46. The molecule has 1 aromatic carbocycles. The normalized spacial score (nSPS) is 20.2. The van der Waals surface area contributed by atoms with Gasteiger partial charge in [-0.15, -0.1) is 0 Å². The molecule has 0 bridgehead atoms. The molecule has 1 heterocycles. The van der Waals surface area contributed by atoms with Crippen LogP contribution in [0.3, 0.4) is 0 Å². The fourth-order valence-corrected chi connectivity index (χ4v) is 6.13. The van der Waals surface area contributed by atoms with E-state index in [1.54, 1.807) is 12.1 Å². The van der Waals surface area contributed by atoms with Gasteiger partial charge in [0, 0.05) is 25.2 Å². The Bertz CT molecular complexity index is 877. The lowest BCUT2D eigenvalue weighted by Gasteiger charge is -2.24. The summed E-state index contributed by atoms with van der Waals surface area (Å²) in [6.45, 7) is 3.15. The van der Waals surface area contributed by atoms with Crippen LogP contribution in [0.5, 0.6) is 5.75 Å². The molecular weight excluding hydrogens is 407 g/mol. The molecule has 30 heavy (non-hydrogen) atoms. The highest BCUT2D eigenvalue weighted by Gasteiger charge is 2.48. The van der Waals surface area contributed by atoms with Crippen LogP contribution in [0.4, 0.5) is 4.39 Å². The number of nitrogens with zero attached hydrogens (tertiary/aromatic N) is 1. The van der Waals surface area contributed by atoms with Gasteiger partial charge in [0.25, 0.3) is 0 Å². The summed E-state index contributed by atoms with van der Waals surface area (Å²) in [6, 6.07) is 6.09. The lowest BCUT2D eigenvalue weighted by molar-refractivity contribution is -0.136. The Balaban J connectivity index is 1.56. The largest absolute Gasteiger partial charge is 0.489 e. The van der Waals surface area contributed by atoms with Gasteiger partial charge in [-0.25, -0.2) is 12.8 Å². The monoisotopic (exact) mass is 438 g/mol. The molecule has 1 spiro atoms. The van der Waals surface area contributed by atoms with Crippen molar-refractivity contribution in [2.45, 2.75) is 43.9 Å². The molecule has 0 radical (unpaired) electrons. The number of hydrogen-bond donors (Lipinski definition) is 1. The molecule has 1 atom stereocenters. The fraction of sp³-hybridized carbons (Fsp3) is 0.591. The van der Waals surface area contributed by atoms with E-state index in [4.69, 9.17) is 10.5 Å². The molecule has 1 aromatic rings. The van der Waals surface area contributed by atoms with E-state index in [2.05, 4.69) is 0 Å². The van der Waals surface area contributed by atoms with Crippen LogP contribution < -0.4 is 10.5 Å². The van der Waals surface area contributed by atoms with Crippen LogP contribution in [0.25, 0.3) is 0 Å². The van der Waals surface area contributed by atoms with Crippen molar-refractivity contribution in [2.24, 2.45) is 17.1 Å². The molecule has 1 saturated carbocycles. The Kier molecular flexibility index (Phi) is 7.18. The second-order valence-electron chi connectivity index (χ2n) is 8.61. The van der Waals surface area contributed by atoms with Crippen LogP contribution >= 0.6 is 0 Å². The van der Waals surface area contributed by atoms with Crippen LogP contribution in [0, 0.1) is 11.3 Å². The van der Waals surface area contributed by atoms with Crippen LogP contribution in [0.1, 0.15) is 39.0 Å². The maximum absolute atomic E-state index is 12.8. The van der Waals surface area contributed by atoms with Crippen LogP contribution in [-0.4, -0.2) is 51.2 Å². The van der Waals surface area contributed by atoms with Gasteiger partial charge in [-0.3, -0.25) is 4.79 Å². The predicted molar refractivity (Wildman–Crippen MR) is 113 cm³/mol. The Labute approximate surface area is 178 Å². The zero-order chi connectivity index (χ0) is 21.8. The quantitative estimate of drug-likeness (QED) is 0.640.